The summed E-state index contributed by atoms with van der Waals surface area (Å²) in [5.74, 6) is 0.0825. The number of phenolic OH excluding ortho intramolecular Hbond substituents is 2. The fourth-order valence-corrected chi connectivity index (χ4v) is 3.17. The predicted octanol–water partition coefficient (Wildman–Crippen LogP) is 4.42. The second-order valence-electron chi connectivity index (χ2n) is 6.46. The van der Waals surface area contributed by atoms with Gasteiger partial charge in [0.25, 0.3) is 5.91 Å². The van der Waals surface area contributed by atoms with Crippen molar-refractivity contribution in [3.05, 3.63) is 95.1 Å². The molecule has 4 heteroatoms. The lowest BCUT2D eigenvalue weighted by Gasteiger charge is -2.22. The molecule has 0 aliphatic rings. The van der Waals surface area contributed by atoms with Crippen LogP contribution < -0.4 is 5.32 Å². The first-order valence-electron chi connectivity index (χ1n) is 9.05. The van der Waals surface area contributed by atoms with E-state index in [-0.39, 0.29) is 23.3 Å². The molecule has 138 valence electrons. The largest absolute Gasteiger partial charge is 0.508 e. The first kappa shape index (κ1) is 18.5. The molecule has 0 spiro atoms. The number of hydrogen-bond donors (Lipinski definition) is 3. The van der Waals surface area contributed by atoms with Crippen LogP contribution in [0.5, 0.6) is 11.5 Å². The van der Waals surface area contributed by atoms with Crippen molar-refractivity contribution < 1.29 is 15.0 Å². The van der Waals surface area contributed by atoms with Crippen LogP contribution in [0.15, 0.2) is 72.8 Å². The van der Waals surface area contributed by atoms with E-state index in [1.165, 1.54) is 0 Å². The molecule has 0 aliphatic carbocycles. The van der Waals surface area contributed by atoms with Crippen molar-refractivity contribution in [3.8, 4) is 11.5 Å². The third-order valence-electron chi connectivity index (χ3n) is 4.50. The topological polar surface area (TPSA) is 69.6 Å². The average Bonchev–Trinajstić information content (AvgIpc) is 2.69. The van der Waals surface area contributed by atoms with Crippen LogP contribution in [-0.4, -0.2) is 22.7 Å². The number of nitrogens with one attached hydrogen (secondary N) is 1. The van der Waals surface area contributed by atoms with Gasteiger partial charge in [0.05, 0.1) is 0 Å². The Hall–Kier alpha value is -3.27. The van der Waals surface area contributed by atoms with Gasteiger partial charge in [-0.05, 0) is 53.4 Å². The third-order valence-corrected chi connectivity index (χ3v) is 4.50. The molecule has 0 aliphatic heterocycles. The van der Waals surface area contributed by atoms with E-state index in [9.17, 15) is 15.0 Å². The van der Waals surface area contributed by atoms with Crippen molar-refractivity contribution in [3.63, 3.8) is 0 Å². The summed E-state index contributed by atoms with van der Waals surface area (Å²) >= 11 is 0. The number of benzene rings is 3. The quantitative estimate of drug-likeness (QED) is 0.569. The fraction of sp³-hybridized carbons (Fsp3) is 0.174. The highest BCUT2D eigenvalue weighted by Gasteiger charge is 2.22. The van der Waals surface area contributed by atoms with Gasteiger partial charge in [-0.1, -0.05) is 49.4 Å². The van der Waals surface area contributed by atoms with Crippen molar-refractivity contribution in [2.75, 3.05) is 6.54 Å². The first-order valence-corrected chi connectivity index (χ1v) is 9.05. The van der Waals surface area contributed by atoms with Crippen LogP contribution in [0.1, 0.15) is 46.3 Å². The molecule has 0 aromatic heterocycles. The lowest BCUT2D eigenvalue weighted by Crippen LogP contribution is -2.25. The van der Waals surface area contributed by atoms with Gasteiger partial charge in [0.2, 0.25) is 0 Å². The molecule has 0 unspecified atom stereocenters. The number of rotatable bonds is 6. The minimum Gasteiger partial charge on any atom is -0.508 e. The normalized spacial score (nSPS) is 10.7. The summed E-state index contributed by atoms with van der Waals surface area (Å²) in [6.07, 6.45) is 0.868. The molecule has 0 radical (unpaired) electrons. The number of amides is 1. The Kier molecular flexibility index (Phi) is 5.77. The fourth-order valence-electron chi connectivity index (χ4n) is 3.17. The molecule has 3 aromatic carbocycles. The zero-order valence-electron chi connectivity index (χ0n) is 15.2. The average molecular weight is 361 g/mol. The van der Waals surface area contributed by atoms with Crippen LogP contribution >= 0.6 is 0 Å². The van der Waals surface area contributed by atoms with E-state index < -0.39 is 0 Å². The minimum atomic E-state index is -0.199. The number of carbonyl (C=O) groups excluding carboxylic acids is 1. The summed E-state index contributed by atoms with van der Waals surface area (Å²) in [5, 5.41) is 22.3. The van der Waals surface area contributed by atoms with E-state index in [4.69, 9.17) is 0 Å². The van der Waals surface area contributed by atoms with Crippen LogP contribution in [0.4, 0.5) is 0 Å². The summed E-state index contributed by atoms with van der Waals surface area (Å²) in [7, 11) is 0. The maximum atomic E-state index is 12.7. The van der Waals surface area contributed by atoms with E-state index >= 15 is 0 Å². The number of hydrogen-bond acceptors (Lipinski definition) is 3. The smallest absolute Gasteiger partial charge is 0.251 e. The molecular formula is C23H23NO3. The monoisotopic (exact) mass is 361 g/mol. The Morgan fingerprint density at radius 3 is 1.89 bits per heavy atom. The van der Waals surface area contributed by atoms with Crippen molar-refractivity contribution in [2.24, 2.45) is 0 Å². The predicted molar refractivity (Wildman–Crippen MR) is 106 cm³/mol. The molecule has 3 aromatic rings. The van der Waals surface area contributed by atoms with E-state index in [2.05, 4.69) is 5.32 Å². The Morgan fingerprint density at radius 2 is 1.37 bits per heavy atom. The lowest BCUT2D eigenvalue weighted by atomic mass is 9.82. The Bertz CT molecular complexity index is 856. The van der Waals surface area contributed by atoms with Gasteiger partial charge < -0.3 is 15.5 Å². The van der Waals surface area contributed by atoms with E-state index in [1.54, 1.807) is 24.3 Å². The van der Waals surface area contributed by atoms with E-state index in [1.807, 2.05) is 55.5 Å². The standard InChI is InChI=1S/C23H23NO3/c1-2-15-24-23(27)21-6-4-3-5-20(21)22(16-7-11-18(25)12-8-16)17-9-13-19(26)14-10-17/h3-14,22,25-26H,2,15H2,1H3,(H,24,27). The molecule has 0 atom stereocenters. The van der Waals surface area contributed by atoms with E-state index in [0.29, 0.717) is 12.1 Å². The molecule has 0 fully saturated rings. The van der Waals surface area contributed by atoms with E-state index in [0.717, 1.165) is 23.1 Å². The van der Waals surface area contributed by atoms with Gasteiger partial charge in [0.1, 0.15) is 11.5 Å². The van der Waals surface area contributed by atoms with Crippen molar-refractivity contribution in [1.29, 1.82) is 0 Å². The molecular weight excluding hydrogens is 338 g/mol. The Morgan fingerprint density at radius 1 is 0.852 bits per heavy atom. The highest BCUT2D eigenvalue weighted by molar-refractivity contribution is 5.96. The summed E-state index contributed by atoms with van der Waals surface area (Å²) in [6, 6.07) is 21.5. The molecule has 0 heterocycles. The summed E-state index contributed by atoms with van der Waals surface area (Å²) in [5.41, 5.74) is 3.41. The molecule has 3 rings (SSSR count). The molecule has 4 nitrogen and oxygen atoms in total. The Labute approximate surface area is 159 Å². The summed E-state index contributed by atoms with van der Waals surface area (Å²) < 4.78 is 0. The van der Waals surface area contributed by atoms with Gasteiger partial charge in [-0.2, -0.15) is 0 Å². The van der Waals surface area contributed by atoms with Crippen molar-refractivity contribution >= 4 is 5.91 Å². The number of aromatic hydroxyl groups is 2. The molecule has 0 saturated heterocycles. The second-order valence-corrected chi connectivity index (χ2v) is 6.46. The molecule has 27 heavy (non-hydrogen) atoms. The van der Waals surface area contributed by atoms with Gasteiger partial charge >= 0.3 is 0 Å². The Balaban J connectivity index is 2.12. The van der Waals surface area contributed by atoms with Gasteiger partial charge in [0.15, 0.2) is 0 Å². The highest BCUT2D eigenvalue weighted by Crippen LogP contribution is 2.35. The number of carbonyl (C=O) groups is 1. The summed E-state index contributed by atoms with van der Waals surface area (Å²) in [6.45, 7) is 2.64. The van der Waals surface area contributed by atoms with Gasteiger partial charge in [-0.15, -0.1) is 0 Å². The zero-order valence-corrected chi connectivity index (χ0v) is 15.2. The van der Waals surface area contributed by atoms with Crippen LogP contribution in [-0.2, 0) is 0 Å². The molecule has 1 amide bonds. The second kappa shape index (κ2) is 8.41. The SMILES string of the molecule is CCCNC(=O)c1ccccc1C(c1ccc(O)cc1)c1ccc(O)cc1. The maximum Gasteiger partial charge on any atom is 0.251 e. The van der Waals surface area contributed by atoms with Crippen molar-refractivity contribution in [1.82, 2.24) is 5.32 Å². The van der Waals surface area contributed by atoms with Gasteiger partial charge in [-0.3, -0.25) is 4.79 Å². The van der Waals surface area contributed by atoms with Crippen LogP contribution in [0.3, 0.4) is 0 Å². The lowest BCUT2D eigenvalue weighted by molar-refractivity contribution is 0.0952. The van der Waals surface area contributed by atoms with Crippen LogP contribution in [0.25, 0.3) is 0 Å². The number of phenols is 2. The molecule has 0 saturated carbocycles. The van der Waals surface area contributed by atoms with Crippen molar-refractivity contribution in [2.45, 2.75) is 19.3 Å². The summed E-state index contributed by atoms with van der Waals surface area (Å²) in [4.78, 5) is 12.7. The first-order chi connectivity index (χ1) is 13.1. The van der Waals surface area contributed by atoms with Gasteiger partial charge in [0, 0.05) is 18.0 Å². The molecule has 3 N–H and O–H groups in total. The minimum absolute atomic E-state index is 0.102. The highest BCUT2D eigenvalue weighted by atomic mass is 16.3. The maximum absolute atomic E-state index is 12.7. The van der Waals surface area contributed by atoms with Crippen LogP contribution in [0.2, 0.25) is 0 Å². The zero-order chi connectivity index (χ0) is 19.2. The molecule has 0 bridgehead atoms. The third kappa shape index (κ3) is 4.29. The van der Waals surface area contributed by atoms with Crippen LogP contribution in [0, 0.1) is 0 Å². The van der Waals surface area contributed by atoms with Gasteiger partial charge in [-0.25, -0.2) is 0 Å².